The van der Waals surface area contributed by atoms with Crippen LogP contribution in [0.2, 0.25) is 0 Å². The van der Waals surface area contributed by atoms with Crippen LogP contribution in [0, 0.1) is 0 Å². The van der Waals surface area contributed by atoms with Crippen LogP contribution in [-0.4, -0.2) is 28.0 Å². The van der Waals surface area contributed by atoms with Gasteiger partial charge in [-0.1, -0.05) is 42.5 Å². The van der Waals surface area contributed by atoms with Crippen LogP contribution in [0.1, 0.15) is 22.2 Å². The van der Waals surface area contributed by atoms with Crippen molar-refractivity contribution in [3.05, 3.63) is 78.3 Å². The lowest BCUT2D eigenvalue weighted by atomic mass is 10.1. The van der Waals surface area contributed by atoms with Crippen LogP contribution in [0.15, 0.2) is 71.4 Å². The summed E-state index contributed by atoms with van der Waals surface area (Å²) in [5.41, 5.74) is 1.51. The first-order chi connectivity index (χ1) is 13.2. The van der Waals surface area contributed by atoms with Crippen LogP contribution in [-0.2, 0) is 6.54 Å². The monoisotopic (exact) mass is 362 g/mol. The van der Waals surface area contributed by atoms with E-state index in [1.807, 2.05) is 42.5 Å². The predicted octanol–water partition coefficient (Wildman–Crippen LogP) is 3.20. The van der Waals surface area contributed by atoms with Crippen molar-refractivity contribution < 1.29 is 13.9 Å². The SMILES string of the molecule is COc1cccc2cc(C(=O)NC(Cn3nccn3)c3ccccc3)oc12. The van der Waals surface area contributed by atoms with Gasteiger partial charge in [0.1, 0.15) is 0 Å². The number of para-hydroxylation sites is 1. The molecule has 7 heteroatoms. The maximum Gasteiger partial charge on any atom is 0.287 e. The molecule has 7 nitrogen and oxygen atoms in total. The molecule has 4 rings (SSSR count). The fraction of sp³-hybridized carbons (Fsp3) is 0.150. The van der Waals surface area contributed by atoms with Crippen molar-refractivity contribution in [1.82, 2.24) is 20.3 Å². The second-order valence-electron chi connectivity index (χ2n) is 6.01. The minimum Gasteiger partial charge on any atom is -0.493 e. The molecular weight excluding hydrogens is 344 g/mol. The third kappa shape index (κ3) is 3.52. The molecule has 1 unspecified atom stereocenters. The molecule has 1 amide bonds. The Labute approximate surface area is 155 Å². The molecule has 0 aliphatic heterocycles. The standard InChI is InChI=1S/C20H18N4O3/c1-26-17-9-5-8-15-12-18(27-19(15)17)20(25)23-16(13-24-21-10-11-22-24)14-6-3-2-4-7-14/h2-12,16H,13H2,1H3,(H,23,25). The van der Waals surface area contributed by atoms with E-state index in [2.05, 4.69) is 15.5 Å². The highest BCUT2D eigenvalue weighted by atomic mass is 16.5. The zero-order valence-corrected chi connectivity index (χ0v) is 14.7. The number of amides is 1. The Morgan fingerprint density at radius 3 is 2.67 bits per heavy atom. The molecular formula is C20H18N4O3. The Balaban J connectivity index is 1.61. The van der Waals surface area contributed by atoms with Crippen LogP contribution in [0.3, 0.4) is 0 Å². The van der Waals surface area contributed by atoms with Crippen LogP contribution in [0.25, 0.3) is 11.0 Å². The van der Waals surface area contributed by atoms with Gasteiger partial charge in [0.2, 0.25) is 0 Å². The average molecular weight is 362 g/mol. The number of hydrogen-bond acceptors (Lipinski definition) is 5. The van der Waals surface area contributed by atoms with E-state index < -0.39 is 0 Å². The number of benzene rings is 2. The number of methoxy groups -OCH3 is 1. The predicted molar refractivity (Wildman–Crippen MR) is 99.4 cm³/mol. The van der Waals surface area contributed by atoms with Gasteiger partial charge in [-0.3, -0.25) is 4.79 Å². The highest BCUT2D eigenvalue weighted by Crippen LogP contribution is 2.28. The summed E-state index contributed by atoms with van der Waals surface area (Å²) in [5.74, 6) is 0.505. The number of rotatable bonds is 6. The highest BCUT2D eigenvalue weighted by molar-refractivity contribution is 5.97. The number of fused-ring (bicyclic) bond motifs is 1. The zero-order valence-electron chi connectivity index (χ0n) is 14.7. The molecule has 0 radical (unpaired) electrons. The number of furan rings is 1. The molecule has 0 saturated carbocycles. The summed E-state index contributed by atoms with van der Waals surface area (Å²) in [6.45, 7) is 0.409. The fourth-order valence-corrected chi connectivity index (χ4v) is 2.96. The number of aromatic nitrogens is 3. The van der Waals surface area contributed by atoms with Crippen LogP contribution < -0.4 is 10.1 Å². The number of nitrogens with one attached hydrogen (secondary N) is 1. The van der Waals surface area contributed by atoms with E-state index in [-0.39, 0.29) is 17.7 Å². The van der Waals surface area contributed by atoms with Crippen molar-refractivity contribution in [2.45, 2.75) is 12.6 Å². The van der Waals surface area contributed by atoms with Gasteiger partial charge in [0.25, 0.3) is 5.91 Å². The first kappa shape index (κ1) is 16.8. The first-order valence-corrected chi connectivity index (χ1v) is 8.51. The third-order valence-electron chi connectivity index (χ3n) is 4.27. The van der Waals surface area contributed by atoms with Gasteiger partial charge >= 0.3 is 0 Å². The lowest BCUT2D eigenvalue weighted by Crippen LogP contribution is -2.31. The quantitative estimate of drug-likeness (QED) is 0.569. The van der Waals surface area contributed by atoms with Gasteiger partial charge in [-0.25, -0.2) is 0 Å². The van der Waals surface area contributed by atoms with Crippen molar-refractivity contribution >= 4 is 16.9 Å². The third-order valence-corrected chi connectivity index (χ3v) is 4.27. The summed E-state index contributed by atoms with van der Waals surface area (Å²) in [4.78, 5) is 14.4. The van der Waals surface area contributed by atoms with Crippen LogP contribution in [0.5, 0.6) is 5.75 Å². The molecule has 2 heterocycles. The maximum absolute atomic E-state index is 12.8. The summed E-state index contributed by atoms with van der Waals surface area (Å²) in [6, 6.07) is 16.6. The van der Waals surface area contributed by atoms with E-state index in [1.54, 1.807) is 36.4 Å². The molecule has 0 bridgehead atoms. The largest absolute Gasteiger partial charge is 0.493 e. The molecule has 4 aromatic rings. The van der Waals surface area contributed by atoms with Gasteiger partial charge in [0.05, 0.1) is 32.1 Å². The van der Waals surface area contributed by atoms with E-state index in [0.717, 1.165) is 10.9 Å². The Morgan fingerprint density at radius 1 is 1.15 bits per heavy atom. The van der Waals surface area contributed by atoms with Crippen molar-refractivity contribution in [3.63, 3.8) is 0 Å². The molecule has 1 atom stereocenters. The minimum atomic E-state index is -0.311. The Kier molecular flexibility index (Phi) is 4.57. The second kappa shape index (κ2) is 7.33. The maximum atomic E-state index is 12.8. The van der Waals surface area contributed by atoms with Gasteiger partial charge in [-0.05, 0) is 17.7 Å². The molecule has 0 spiro atoms. The normalized spacial score (nSPS) is 12.0. The molecule has 0 aliphatic carbocycles. The van der Waals surface area contributed by atoms with Gasteiger partial charge in [0.15, 0.2) is 17.1 Å². The highest BCUT2D eigenvalue weighted by Gasteiger charge is 2.20. The number of carbonyl (C=O) groups is 1. The van der Waals surface area contributed by atoms with Gasteiger partial charge in [-0.15, -0.1) is 0 Å². The smallest absolute Gasteiger partial charge is 0.287 e. The lowest BCUT2D eigenvalue weighted by molar-refractivity contribution is 0.0904. The molecule has 0 aliphatic rings. The number of ether oxygens (including phenoxy) is 1. The van der Waals surface area contributed by atoms with E-state index in [4.69, 9.17) is 9.15 Å². The summed E-state index contributed by atoms with van der Waals surface area (Å²) in [7, 11) is 1.57. The summed E-state index contributed by atoms with van der Waals surface area (Å²) < 4.78 is 11.0. The van der Waals surface area contributed by atoms with Crippen molar-refractivity contribution in [3.8, 4) is 5.75 Å². The molecule has 2 aromatic carbocycles. The number of carbonyl (C=O) groups excluding carboxylic acids is 1. The topological polar surface area (TPSA) is 82.2 Å². The summed E-state index contributed by atoms with van der Waals surface area (Å²) >= 11 is 0. The Morgan fingerprint density at radius 2 is 1.93 bits per heavy atom. The van der Waals surface area contributed by atoms with E-state index >= 15 is 0 Å². The molecule has 1 N–H and O–H groups in total. The number of nitrogens with zero attached hydrogens (tertiary/aromatic N) is 3. The molecule has 0 saturated heterocycles. The lowest BCUT2D eigenvalue weighted by Gasteiger charge is -2.18. The summed E-state index contributed by atoms with van der Waals surface area (Å²) in [6.07, 6.45) is 3.21. The van der Waals surface area contributed by atoms with Crippen molar-refractivity contribution in [2.24, 2.45) is 0 Å². The van der Waals surface area contributed by atoms with Crippen LogP contribution >= 0.6 is 0 Å². The van der Waals surface area contributed by atoms with Crippen molar-refractivity contribution in [1.29, 1.82) is 0 Å². The van der Waals surface area contributed by atoms with Crippen LogP contribution in [0.4, 0.5) is 0 Å². The Hall–Kier alpha value is -3.61. The van der Waals surface area contributed by atoms with E-state index in [9.17, 15) is 4.79 Å². The first-order valence-electron chi connectivity index (χ1n) is 8.51. The Bertz CT molecular complexity index is 1040. The minimum absolute atomic E-state index is 0.226. The van der Waals surface area contributed by atoms with Gasteiger partial charge in [0, 0.05) is 5.39 Å². The summed E-state index contributed by atoms with van der Waals surface area (Å²) in [5, 5.41) is 12.1. The molecule has 0 fully saturated rings. The average Bonchev–Trinajstić information content (AvgIpc) is 3.37. The second-order valence-corrected chi connectivity index (χ2v) is 6.01. The van der Waals surface area contributed by atoms with E-state index in [0.29, 0.717) is 17.9 Å². The van der Waals surface area contributed by atoms with Gasteiger partial charge in [-0.2, -0.15) is 15.0 Å². The molecule has 2 aromatic heterocycles. The van der Waals surface area contributed by atoms with E-state index in [1.165, 1.54) is 0 Å². The van der Waals surface area contributed by atoms with Crippen molar-refractivity contribution in [2.75, 3.05) is 7.11 Å². The molecule has 27 heavy (non-hydrogen) atoms. The fourth-order valence-electron chi connectivity index (χ4n) is 2.96. The zero-order chi connectivity index (χ0) is 18.6. The number of hydrogen-bond donors (Lipinski definition) is 1. The van der Waals surface area contributed by atoms with Gasteiger partial charge < -0.3 is 14.5 Å². The molecule has 136 valence electrons.